The summed E-state index contributed by atoms with van der Waals surface area (Å²) >= 11 is 16.3. The van der Waals surface area contributed by atoms with Gasteiger partial charge in [0.15, 0.2) is 0 Å². The highest BCUT2D eigenvalue weighted by molar-refractivity contribution is 9.09. The Kier molecular flexibility index (Phi) is 6.80. The number of amides is 1. The fraction of sp³-hybridized carbons (Fsp3) is 0.500. The predicted molar refractivity (Wildman–Crippen MR) is 75.9 cm³/mol. The van der Waals surface area contributed by atoms with Crippen LogP contribution in [-0.4, -0.2) is 42.9 Å². The van der Waals surface area contributed by atoms with Gasteiger partial charge in [-0.2, -0.15) is 0 Å². The Morgan fingerprint density at radius 2 is 2.24 bits per heavy atom. The van der Waals surface area contributed by atoms with Gasteiger partial charge in [-0.05, 0) is 6.07 Å². The summed E-state index contributed by atoms with van der Waals surface area (Å²) in [5.41, 5.74) is 0.457. The number of alkyl halides is 1. The number of rotatable bonds is 6. The van der Waals surface area contributed by atoms with E-state index in [0.717, 1.165) is 0 Å². The van der Waals surface area contributed by atoms with Crippen LogP contribution in [0.1, 0.15) is 10.4 Å². The second kappa shape index (κ2) is 7.59. The first kappa shape index (κ1) is 15.2. The van der Waals surface area contributed by atoms with Gasteiger partial charge in [0.05, 0.1) is 16.5 Å². The zero-order valence-electron chi connectivity index (χ0n) is 9.21. The lowest BCUT2D eigenvalue weighted by molar-refractivity contribution is 0.0709. The van der Waals surface area contributed by atoms with Crippen molar-refractivity contribution in [3.8, 4) is 0 Å². The lowest BCUT2D eigenvalue weighted by Gasteiger charge is -2.20. The van der Waals surface area contributed by atoms with Gasteiger partial charge in [0, 0.05) is 25.5 Å². The summed E-state index contributed by atoms with van der Waals surface area (Å²) < 4.78 is 5.92. The first-order chi connectivity index (χ1) is 8.10. The number of thiophene rings is 1. The molecule has 0 aliphatic heterocycles. The molecule has 0 aromatic carbocycles. The van der Waals surface area contributed by atoms with Crippen molar-refractivity contribution in [3.63, 3.8) is 0 Å². The van der Waals surface area contributed by atoms with E-state index in [-0.39, 0.29) is 5.91 Å². The topological polar surface area (TPSA) is 29.5 Å². The van der Waals surface area contributed by atoms with E-state index in [4.69, 9.17) is 27.9 Å². The molecule has 1 aromatic rings. The molecule has 0 saturated heterocycles. The smallest absolute Gasteiger partial charge is 0.256 e. The zero-order chi connectivity index (χ0) is 12.8. The van der Waals surface area contributed by atoms with Crippen molar-refractivity contribution in [1.82, 2.24) is 4.90 Å². The standard InChI is InChI=1S/C10H12BrCl2NO2S/c1-16-5-4-14(3-2-11)10(15)7-6-8(12)17-9(7)13/h6H,2-5H2,1H3. The van der Waals surface area contributed by atoms with E-state index in [1.807, 2.05) is 0 Å². The van der Waals surface area contributed by atoms with Crippen LogP contribution in [0.15, 0.2) is 6.07 Å². The summed E-state index contributed by atoms with van der Waals surface area (Å²) in [6.45, 7) is 1.63. The van der Waals surface area contributed by atoms with Crippen LogP contribution in [0.25, 0.3) is 0 Å². The molecule has 1 aromatic heterocycles. The number of hydrogen-bond donors (Lipinski definition) is 0. The van der Waals surface area contributed by atoms with Crippen molar-refractivity contribution in [3.05, 3.63) is 20.3 Å². The highest BCUT2D eigenvalue weighted by Gasteiger charge is 2.20. The molecule has 0 atom stereocenters. The molecule has 0 fully saturated rings. The van der Waals surface area contributed by atoms with Crippen LogP contribution >= 0.6 is 50.5 Å². The van der Waals surface area contributed by atoms with Crippen molar-refractivity contribution in [2.24, 2.45) is 0 Å². The average Bonchev–Trinajstić information content (AvgIpc) is 2.63. The van der Waals surface area contributed by atoms with Crippen LogP contribution in [0.4, 0.5) is 0 Å². The molecular weight excluding hydrogens is 349 g/mol. The molecule has 0 aliphatic carbocycles. The maximum Gasteiger partial charge on any atom is 0.256 e. The Balaban J connectivity index is 2.79. The number of carbonyl (C=O) groups is 1. The van der Waals surface area contributed by atoms with Gasteiger partial charge < -0.3 is 9.64 Å². The van der Waals surface area contributed by atoms with Gasteiger partial charge in [-0.15, -0.1) is 11.3 Å². The predicted octanol–water partition coefficient (Wildman–Crippen LogP) is 3.54. The number of nitrogens with zero attached hydrogens (tertiary/aromatic N) is 1. The van der Waals surface area contributed by atoms with E-state index in [2.05, 4.69) is 15.9 Å². The fourth-order valence-corrected chi connectivity index (χ4v) is 3.15. The molecule has 0 unspecified atom stereocenters. The van der Waals surface area contributed by atoms with Crippen LogP contribution < -0.4 is 0 Å². The molecule has 1 rings (SSSR count). The minimum atomic E-state index is -0.116. The van der Waals surface area contributed by atoms with Gasteiger partial charge >= 0.3 is 0 Å². The molecule has 0 saturated carbocycles. The lowest BCUT2D eigenvalue weighted by Crippen LogP contribution is -2.35. The largest absolute Gasteiger partial charge is 0.383 e. The van der Waals surface area contributed by atoms with Crippen molar-refractivity contribution < 1.29 is 9.53 Å². The minimum absolute atomic E-state index is 0.116. The van der Waals surface area contributed by atoms with Crippen molar-refractivity contribution in [2.75, 3.05) is 32.1 Å². The third kappa shape index (κ3) is 4.41. The quantitative estimate of drug-likeness (QED) is 0.726. The summed E-state index contributed by atoms with van der Waals surface area (Å²) in [6.07, 6.45) is 0. The highest BCUT2D eigenvalue weighted by atomic mass is 79.9. The minimum Gasteiger partial charge on any atom is -0.383 e. The average molecular weight is 361 g/mol. The van der Waals surface area contributed by atoms with Crippen molar-refractivity contribution in [1.29, 1.82) is 0 Å². The van der Waals surface area contributed by atoms with Crippen molar-refractivity contribution >= 4 is 56.4 Å². The molecule has 1 amide bonds. The number of ether oxygens (including phenoxy) is 1. The second-order valence-electron chi connectivity index (χ2n) is 3.21. The summed E-state index contributed by atoms with van der Waals surface area (Å²) in [5.74, 6) is -0.116. The summed E-state index contributed by atoms with van der Waals surface area (Å²) in [4.78, 5) is 13.9. The maximum absolute atomic E-state index is 12.2. The molecule has 96 valence electrons. The second-order valence-corrected chi connectivity index (χ2v) is 6.29. The number of halogens is 3. The van der Waals surface area contributed by atoms with Gasteiger partial charge in [-0.3, -0.25) is 4.79 Å². The third-order valence-electron chi connectivity index (χ3n) is 2.09. The Bertz CT molecular complexity index is 386. The molecular formula is C10H12BrCl2NO2S. The molecule has 0 N–H and O–H groups in total. The van der Waals surface area contributed by atoms with E-state index >= 15 is 0 Å². The van der Waals surface area contributed by atoms with Crippen LogP contribution in [0, 0.1) is 0 Å². The Labute approximate surface area is 123 Å². The van der Waals surface area contributed by atoms with Gasteiger partial charge in [0.1, 0.15) is 4.34 Å². The molecule has 1 heterocycles. The first-order valence-electron chi connectivity index (χ1n) is 4.89. The van der Waals surface area contributed by atoms with Crippen molar-refractivity contribution in [2.45, 2.75) is 0 Å². The number of carbonyl (C=O) groups excluding carboxylic acids is 1. The third-order valence-corrected chi connectivity index (χ3v) is 3.94. The first-order valence-corrected chi connectivity index (χ1v) is 7.58. The van der Waals surface area contributed by atoms with Gasteiger partial charge in [-0.1, -0.05) is 39.1 Å². The Morgan fingerprint density at radius 1 is 1.53 bits per heavy atom. The zero-order valence-corrected chi connectivity index (χ0v) is 13.1. The van der Waals surface area contributed by atoms with Crippen LogP contribution in [0.2, 0.25) is 8.67 Å². The molecule has 0 spiro atoms. The molecule has 0 aliphatic rings. The fourth-order valence-electron chi connectivity index (χ4n) is 1.27. The van der Waals surface area contributed by atoms with E-state index in [0.29, 0.717) is 39.3 Å². The monoisotopic (exact) mass is 359 g/mol. The van der Waals surface area contributed by atoms with Crippen LogP contribution in [-0.2, 0) is 4.74 Å². The summed E-state index contributed by atoms with van der Waals surface area (Å²) in [5, 5.41) is 0.706. The highest BCUT2D eigenvalue weighted by Crippen LogP contribution is 2.31. The molecule has 17 heavy (non-hydrogen) atoms. The lowest BCUT2D eigenvalue weighted by atomic mass is 10.3. The molecule has 0 bridgehead atoms. The van der Waals surface area contributed by atoms with Gasteiger partial charge in [0.25, 0.3) is 5.91 Å². The summed E-state index contributed by atoms with van der Waals surface area (Å²) in [7, 11) is 1.60. The van der Waals surface area contributed by atoms with E-state index in [1.165, 1.54) is 11.3 Å². The molecule has 0 radical (unpaired) electrons. The van der Waals surface area contributed by atoms with E-state index < -0.39 is 0 Å². The number of hydrogen-bond acceptors (Lipinski definition) is 3. The van der Waals surface area contributed by atoms with E-state index in [1.54, 1.807) is 18.1 Å². The van der Waals surface area contributed by atoms with Gasteiger partial charge in [0.2, 0.25) is 0 Å². The Morgan fingerprint density at radius 3 is 2.71 bits per heavy atom. The molecule has 3 nitrogen and oxygen atoms in total. The van der Waals surface area contributed by atoms with E-state index in [9.17, 15) is 4.79 Å². The normalized spacial score (nSPS) is 10.6. The molecule has 7 heteroatoms. The van der Waals surface area contributed by atoms with Crippen LogP contribution in [0.5, 0.6) is 0 Å². The number of methoxy groups -OCH3 is 1. The van der Waals surface area contributed by atoms with Crippen LogP contribution in [0.3, 0.4) is 0 Å². The van der Waals surface area contributed by atoms with Gasteiger partial charge in [-0.25, -0.2) is 0 Å². The summed E-state index contributed by atoms with van der Waals surface area (Å²) in [6, 6.07) is 1.60. The Hall–Kier alpha value is 0.190. The maximum atomic E-state index is 12.2. The SMILES string of the molecule is COCCN(CCBr)C(=O)c1cc(Cl)sc1Cl.